The molecule has 0 radical (unpaired) electrons. The van der Waals surface area contributed by atoms with Crippen molar-refractivity contribution >= 4 is 57.2 Å². The predicted molar refractivity (Wildman–Crippen MR) is 111 cm³/mol. The van der Waals surface area contributed by atoms with Crippen molar-refractivity contribution in [2.75, 3.05) is 39.8 Å². The Labute approximate surface area is 176 Å². The molecule has 0 aromatic carbocycles. The van der Waals surface area contributed by atoms with Gasteiger partial charge in [0.1, 0.15) is 6.04 Å². The Bertz CT molecular complexity index is 559. The maximum Gasteiger partial charge on any atom is 0.403 e. The molecule has 1 aromatic heterocycles. The highest BCUT2D eigenvalue weighted by Gasteiger charge is 2.41. The zero-order valence-electron chi connectivity index (χ0n) is 14.1. The Morgan fingerprint density at radius 3 is 2.44 bits per heavy atom. The van der Waals surface area contributed by atoms with Gasteiger partial charge in [0.2, 0.25) is 0 Å². The second kappa shape index (κ2) is 10.3. The summed E-state index contributed by atoms with van der Waals surface area (Å²) in [5.41, 5.74) is 0. The third kappa shape index (κ3) is 6.87. The number of piperazine rings is 1. The molecule has 10 heteroatoms. The van der Waals surface area contributed by atoms with E-state index in [0.717, 1.165) is 22.7 Å². The standard InChI is InChI=1S/C15H22BrF3N4S.HI/c1-11(15(17,18)19)22-7-9-23(10-8-22)14(20-2)21-6-5-12-3-4-13(16)24-12;/h3-4,11H,5-10H2,1-2H3,(H,20,21);1H. The summed E-state index contributed by atoms with van der Waals surface area (Å²) < 4.78 is 39.5. The maximum absolute atomic E-state index is 12.8. The summed E-state index contributed by atoms with van der Waals surface area (Å²) in [6, 6.07) is 2.71. The van der Waals surface area contributed by atoms with Gasteiger partial charge in [0.15, 0.2) is 5.96 Å². The highest BCUT2D eigenvalue weighted by Crippen LogP contribution is 2.25. The number of nitrogens with one attached hydrogen (secondary N) is 1. The van der Waals surface area contributed by atoms with Gasteiger partial charge < -0.3 is 10.2 Å². The van der Waals surface area contributed by atoms with E-state index >= 15 is 0 Å². The first-order valence-electron chi connectivity index (χ1n) is 7.82. The lowest BCUT2D eigenvalue weighted by Gasteiger charge is -2.39. The van der Waals surface area contributed by atoms with E-state index in [2.05, 4.69) is 32.3 Å². The van der Waals surface area contributed by atoms with Crippen molar-refractivity contribution in [2.45, 2.75) is 25.6 Å². The number of rotatable bonds is 4. The Hall–Kier alpha value is -0.0700. The number of halogens is 5. The SMILES string of the molecule is CN=C(NCCc1ccc(Br)s1)N1CCN(C(C)C(F)(F)F)CC1.I. The third-order valence-corrected chi connectivity index (χ3v) is 5.81. The lowest BCUT2D eigenvalue weighted by atomic mass is 10.2. The minimum Gasteiger partial charge on any atom is -0.356 e. The van der Waals surface area contributed by atoms with Crippen molar-refractivity contribution in [1.29, 1.82) is 0 Å². The molecule has 1 aliphatic heterocycles. The van der Waals surface area contributed by atoms with Crippen molar-refractivity contribution in [3.05, 3.63) is 20.8 Å². The van der Waals surface area contributed by atoms with E-state index in [4.69, 9.17) is 0 Å². The summed E-state index contributed by atoms with van der Waals surface area (Å²) in [6.45, 7) is 3.84. The topological polar surface area (TPSA) is 30.9 Å². The molecular formula is C15H23BrF3IN4S. The molecule has 144 valence electrons. The van der Waals surface area contributed by atoms with Crippen molar-refractivity contribution in [3.8, 4) is 0 Å². The Kier molecular flexibility index (Phi) is 9.47. The number of guanidine groups is 1. The van der Waals surface area contributed by atoms with Gasteiger partial charge in [-0.25, -0.2) is 0 Å². The molecule has 1 N–H and O–H groups in total. The molecule has 1 atom stereocenters. The number of hydrogen-bond donors (Lipinski definition) is 1. The molecule has 1 saturated heterocycles. The predicted octanol–water partition coefficient (Wildman–Crippen LogP) is 3.81. The fourth-order valence-electron chi connectivity index (χ4n) is 2.64. The van der Waals surface area contributed by atoms with Crippen LogP contribution < -0.4 is 5.32 Å². The van der Waals surface area contributed by atoms with E-state index < -0.39 is 12.2 Å². The zero-order valence-corrected chi connectivity index (χ0v) is 18.9. The van der Waals surface area contributed by atoms with E-state index in [1.807, 2.05) is 11.0 Å². The largest absolute Gasteiger partial charge is 0.403 e. The van der Waals surface area contributed by atoms with Crippen LogP contribution in [0.15, 0.2) is 20.9 Å². The Morgan fingerprint density at radius 2 is 1.96 bits per heavy atom. The summed E-state index contributed by atoms with van der Waals surface area (Å²) in [5, 5.41) is 3.30. The van der Waals surface area contributed by atoms with Gasteiger partial charge in [0, 0.05) is 44.6 Å². The van der Waals surface area contributed by atoms with Crippen LogP contribution in [0, 0.1) is 0 Å². The maximum atomic E-state index is 12.8. The van der Waals surface area contributed by atoms with Crippen LogP contribution in [0.4, 0.5) is 13.2 Å². The van der Waals surface area contributed by atoms with E-state index in [0.29, 0.717) is 26.2 Å². The molecule has 4 nitrogen and oxygen atoms in total. The summed E-state index contributed by atoms with van der Waals surface area (Å²) in [5.74, 6) is 0.755. The second-order valence-electron chi connectivity index (χ2n) is 5.67. The molecule has 0 saturated carbocycles. The lowest BCUT2D eigenvalue weighted by molar-refractivity contribution is -0.181. The van der Waals surface area contributed by atoms with Crippen molar-refractivity contribution in [2.24, 2.45) is 4.99 Å². The Morgan fingerprint density at radius 1 is 1.32 bits per heavy atom. The van der Waals surface area contributed by atoms with Gasteiger partial charge in [-0.15, -0.1) is 35.3 Å². The Balaban J connectivity index is 0.00000312. The van der Waals surface area contributed by atoms with Crippen LogP contribution in [-0.4, -0.2) is 67.7 Å². The molecule has 0 spiro atoms. The average Bonchev–Trinajstić information content (AvgIpc) is 2.96. The van der Waals surface area contributed by atoms with Gasteiger partial charge in [-0.3, -0.25) is 9.89 Å². The fraction of sp³-hybridized carbons (Fsp3) is 0.667. The van der Waals surface area contributed by atoms with Crippen LogP contribution in [0.2, 0.25) is 0 Å². The van der Waals surface area contributed by atoms with Crippen LogP contribution in [0.25, 0.3) is 0 Å². The molecule has 1 aliphatic rings. The first-order chi connectivity index (χ1) is 11.3. The quantitative estimate of drug-likeness (QED) is 0.349. The summed E-state index contributed by atoms with van der Waals surface area (Å²) in [6.07, 6.45) is -3.28. The van der Waals surface area contributed by atoms with Crippen LogP contribution in [0.1, 0.15) is 11.8 Å². The van der Waals surface area contributed by atoms with Crippen molar-refractivity contribution in [3.63, 3.8) is 0 Å². The second-order valence-corrected chi connectivity index (χ2v) is 8.22. The average molecular weight is 555 g/mol. The first kappa shape index (κ1) is 23.0. The number of aliphatic imine (C=N–C) groups is 1. The molecule has 1 unspecified atom stereocenters. The normalized spacial score (nSPS) is 18.0. The number of alkyl halides is 3. The molecule has 0 bridgehead atoms. The highest BCUT2D eigenvalue weighted by atomic mass is 127. The van der Waals surface area contributed by atoms with Crippen molar-refractivity contribution in [1.82, 2.24) is 15.1 Å². The van der Waals surface area contributed by atoms with Gasteiger partial charge in [-0.2, -0.15) is 13.2 Å². The van der Waals surface area contributed by atoms with Crippen LogP contribution in [0.3, 0.4) is 0 Å². The van der Waals surface area contributed by atoms with E-state index in [-0.39, 0.29) is 24.0 Å². The van der Waals surface area contributed by atoms with Crippen LogP contribution in [-0.2, 0) is 6.42 Å². The minimum absolute atomic E-state index is 0. The monoisotopic (exact) mass is 554 g/mol. The summed E-state index contributed by atoms with van der Waals surface area (Å²) in [7, 11) is 1.70. The number of thiophene rings is 1. The van der Waals surface area contributed by atoms with E-state index in [1.165, 1.54) is 16.7 Å². The lowest BCUT2D eigenvalue weighted by Crippen LogP contribution is -2.56. The minimum atomic E-state index is -4.17. The third-order valence-electron chi connectivity index (χ3n) is 4.13. The molecule has 2 heterocycles. The van der Waals surface area contributed by atoms with Gasteiger partial charge in [-0.1, -0.05) is 0 Å². The van der Waals surface area contributed by atoms with Gasteiger partial charge in [0.25, 0.3) is 0 Å². The molecule has 1 aromatic rings. The smallest absolute Gasteiger partial charge is 0.356 e. The molecular weight excluding hydrogens is 532 g/mol. The zero-order chi connectivity index (χ0) is 17.7. The summed E-state index contributed by atoms with van der Waals surface area (Å²) >= 11 is 5.14. The summed E-state index contributed by atoms with van der Waals surface area (Å²) in [4.78, 5) is 9.02. The molecule has 25 heavy (non-hydrogen) atoms. The molecule has 1 fully saturated rings. The van der Waals surface area contributed by atoms with Crippen molar-refractivity contribution < 1.29 is 13.2 Å². The molecule has 0 aliphatic carbocycles. The molecule has 0 amide bonds. The number of hydrogen-bond acceptors (Lipinski definition) is 3. The van der Waals surface area contributed by atoms with Gasteiger partial charge in [0.05, 0.1) is 3.79 Å². The highest BCUT2D eigenvalue weighted by molar-refractivity contribution is 14.0. The van der Waals surface area contributed by atoms with E-state index in [1.54, 1.807) is 18.4 Å². The van der Waals surface area contributed by atoms with Crippen LogP contribution >= 0.6 is 51.2 Å². The fourth-order valence-corrected chi connectivity index (χ4v) is 4.13. The number of nitrogens with zero attached hydrogens (tertiary/aromatic N) is 3. The first-order valence-corrected chi connectivity index (χ1v) is 9.43. The van der Waals surface area contributed by atoms with Gasteiger partial charge in [-0.05, 0) is 41.4 Å². The van der Waals surface area contributed by atoms with Gasteiger partial charge >= 0.3 is 6.18 Å². The van der Waals surface area contributed by atoms with Crippen LogP contribution in [0.5, 0.6) is 0 Å². The van der Waals surface area contributed by atoms with E-state index in [9.17, 15) is 13.2 Å². The molecule has 2 rings (SSSR count).